The first kappa shape index (κ1) is 17.4. The molecule has 1 fully saturated rings. The Hall–Kier alpha value is -1.43. The topological polar surface area (TPSA) is 52.6 Å². The smallest absolute Gasteiger partial charge is 0.264 e. The summed E-state index contributed by atoms with van der Waals surface area (Å²) in [6.45, 7) is 1.43. The molecule has 0 saturated carbocycles. The van der Waals surface area contributed by atoms with Crippen LogP contribution >= 0.6 is 11.3 Å². The summed E-state index contributed by atoms with van der Waals surface area (Å²) in [4.78, 5) is 15.3. The average molecular weight is 346 g/mol. The van der Waals surface area contributed by atoms with Gasteiger partial charge in [0.05, 0.1) is 11.5 Å². The molecule has 1 aromatic carbocycles. The zero-order valence-corrected chi connectivity index (χ0v) is 15.1. The number of benzene rings is 1. The van der Waals surface area contributed by atoms with Crippen molar-refractivity contribution in [1.82, 2.24) is 10.2 Å². The van der Waals surface area contributed by atoms with Gasteiger partial charge >= 0.3 is 0 Å². The molecule has 0 unspecified atom stereocenters. The molecule has 1 atom stereocenters. The van der Waals surface area contributed by atoms with Crippen LogP contribution in [0.1, 0.15) is 40.9 Å². The first-order chi connectivity index (χ1) is 11.7. The second kappa shape index (κ2) is 8.10. The van der Waals surface area contributed by atoms with E-state index in [1.165, 1.54) is 41.3 Å². The fourth-order valence-corrected chi connectivity index (χ4v) is 4.65. The van der Waals surface area contributed by atoms with Gasteiger partial charge in [0.1, 0.15) is 0 Å². The van der Waals surface area contributed by atoms with E-state index in [0.29, 0.717) is 12.6 Å². The van der Waals surface area contributed by atoms with Gasteiger partial charge < -0.3 is 15.3 Å². The summed E-state index contributed by atoms with van der Waals surface area (Å²) in [6, 6.07) is 8.73. The van der Waals surface area contributed by atoms with Crippen LogP contribution < -0.4 is 5.32 Å². The van der Waals surface area contributed by atoms with Crippen molar-refractivity contribution >= 4 is 27.3 Å². The van der Waals surface area contributed by atoms with E-state index in [0.717, 1.165) is 17.8 Å². The fraction of sp³-hybridized carbons (Fsp3) is 0.526. The van der Waals surface area contributed by atoms with E-state index in [4.69, 9.17) is 5.11 Å². The lowest BCUT2D eigenvalue weighted by atomic mass is 9.99. The molecule has 2 aromatic rings. The van der Waals surface area contributed by atoms with Crippen LogP contribution in [0.15, 0.2) is 24.3 Å². The summed E-state index contributed by atoms with van der Waals surface area (Å²) in [5.74, 6) is 0.0221. The fourth-order valence-electron chi connectivity index (χ4n) is 3.42. The first-order valence-electron chi connectivity index (χ1n) is 8.81. The molecule has 2 heterocycles. The van der Waals surface area contributed by atoms with Crippen molar-refractivity contribution in [3.05, 3.63) is 34.7 Å². The van der Waals surface area contributed by atoms with Crippen LogP contribution in [-0.4, -0.2) is 48.7 Å². The van der Waals surface area contributed by atoms with Crippen LogP contribution in [-0.2, 0) is 6.42 Å². The maximum atomic E-state index is 12.8. The lowest BCUT2D eigenvalue weighted by molar-refractivity contribution is 0.0770. The van der Waals surface area contributed by atoms with Gasteiger partial charge in [0.2, 0.25) is 0 Å². The second-order valence-electron chi connectivity index (χ2n) is 6.56. The SMILES string of the molecule is CN(CCO)C(=O)c1sc2ccccc2c1C[C@@H]1CCCCCN1. The third-order valence-electron chi connectivity index (χ3n) is 4.79. The molecular weight excluding hydrogens is 320 g/mol. The van der Waals surface area contributed by atoms with E-state index in [9.17, 15) is 4.79 Å². The highest BCUT2D eigenvalue weighted by molar-refractivity contribution is 7.21. The van der Waals surface area contributed by atoms with Crippen molar-refractivity contribution in [2.24, 2.45) is 0 Å². The molecule has 1 aliphatic heterocycles. The predicted molar refractivity (Wildman–Crippen MR) is 99.8 cm³/mol. The van der Waals surface area contributed by atoms with Crippen molar-refractivity contribution in [1.29, 1.82) is 0 Å². The van der Waals surface area contributed by atoms with Crippen LogP contribution in [0.4, 0.5) is 0 Å². The predicted octanol–water partition coefficient (Wildman–Crippen LogP) is 3.04. The molecule has 0 radical (unpaired) electrons. The van der Waals surface area contributed by atoms with Gasteiger partial charge in [-0.25, -0.2) is 0 Å². The Morgan fingerprint density at radius 2 is 2.17 bits per heavy atom. The molecule has 0 spiro atoms. The highest BCUT2D eigenvalue weighted by Gasteiger charge is 2.23. The summed E-state index contributed by atoms with van der Waals surface area (Å²) >= 11 is 1.58. The normalized spacial score (nSPS) is 18.5. The molecule has 0 aliphatic carbocycles. The molecule has 1 saturated heterocycles. The van der Waals surface area contributed by atoms with Crippen molar-refractivity contribution in [2.45, 2.75) is 38.1 Å². The van der Waals surface area contributed by atoms with Crippen molar-refractivity contribution in [3.63, 3.8) is 0 Å². The first-order valence-corrected chi connectivity index (χ1v) is 9.62. The Bertz CT molecular complexity index is 690. The summed E-state index contributed by atoms with van der Waals surface area (Å²) in [5, 5.41) is 14.0. The summed E-state index contributed by atoms with van der Waals surface area (Å²) < 4.78 is 1.17. The van der Waals surface area contributed by atoms with Crippen molar-refractivity contribution < 1.29 is 9.90 Å². The molecule has 0 bridgehead atoms. The van der Waals surface area contributed by atoms with E-state index < -0.39 is 0 Å². The van der Waals surface area contributed by atoms with E-state index >= 15 is 0 Å². The number of fused-ring (bicyclic) bond motifs is 1. The Labute approximate surface area is 147 Å². The van der Waals surface area contributed by atoms with Gasteiger partial charge in [-0.2, -0.15) is 0 Å². The number of hydrogen-bond acceptors (Lipinski definition) is 4. The van der Waals surface area contributed by atoms with Crippen LogP contribution in [0.3, 0.4) is 0 Å². The maximum Gasteiger partial charge on any atom is 0.264 e. The van der Waals surface area contributed by atoms with E-state index in [2.05, 4.69) is 17.4 Å². The third-order valence-corrected chi connectivity index (χ3v) is 5.99. The highest BCUT2D eigenvalue weighted by Crippen LogP contribution is 2.33. The minimum atomic E-state index is -0.00729. The second-order valence-corrected chi connectivity index (χ2v) is 7.61. The number of rotatable bonds is 5. The number of carbonyl (C=O) groups excluding carboxylic acids is 1. The summed E-state index contributed by atoms with van der Waals surface area (Å²) in [6.07, 6.45) is 5.86. The molecule has 1 aromatic heterocycles. The highest BCUT2D eigenvalue weighted by atomic mass is 32.1. The van der Waals surface area contributed by atoms with Crippen molar-refractivity contribution in [3.8, 4) is 0 Å². The number of nitrogens with one attached hydrogen (secondary N) is 1. The Balaban J connectivity index is 1.94. The Kier molecular flexibility index (Phi) is 5.87. The minimum absolute atomic E-state index is 0.00729. The Morgan fingerprint density at radius 3 is 3.00 bits per heavy atom. The van der Waals surface area contributed by atoms with Gasteiger partial charge in [-0.1, -0.05) is 31.0 Å². The quantitative estimate of drug-likeness (QED) is 0.875. The number of likely N-dealkylation sites (N-methyl/N-ethyl adjacent to an activating group) is 1. The lowest BCUT2D eigenvalue weighted by Gasteiger charge is -2.19. The number of aliphatic hydroxyl groups excluding tert-OH is 1. The summed E-state index contributed by atoms with van der Waals surface area (Å²) in [5.41, 5.74) is 1.17. The van der Waals surface area contributed by atoms with Gasteiger partial charge in [0.25, 0.3) is 5.91 Å². The number of hydrogen-bond donors (Lipinski definition) is 2. The summed E-state index contributed by atoms with van der Waals surface area (Å²) in [7, 11) is 1.76. The third kappa shape index (κ3) is 3.79. The van der Waals surface area contributed by atoms with Gasteiger partial charge in [-0.05, 0) is 42.8 Å². The molecule has 1 aliphatic rings. The lowest BCUT2D eigenvalue weighted by Crippen LogP contribution is -2.32. The Morgan fingerprint density at radius 1 is 1.33 bits per heavy atom. The van der Waals surface area contributed by atoms with Crippen molar-refractivity contribution in [2.75, 3.05) is 26.7 Å². The number of aliphatic hydroxyl groups is 1. The van der Waals surface area contributed by atoms with Crippen LogP contribution in [0.25, 0.3) is 10.1 Å². The average Bonchev–Trinajstić information content (AvgIpc) is 2.76. The van der Waals surface area contributed by atoms with Gasteiger partial charge in [0.15, 0.2) is 0 Å². The zero-order valence-electron chi connectivity index (χ0n) is 14.3. The number of amides is 1. The van der Waals surface area contributed by atoms with Crippen LogP contribution in [0, 0.1) is 0 Å². The zero-order chi connectivity index (χ0) is 16.9. The molecule has 24 heavy (non-hydrogen) atoms. The molecule has 3 rings (SSSR count). The molecular formula is C19H26N2O2S. The number of thiophene rings is 1. The number of nitrogens with zero attached hydrogens (tertiary/aromatic N) is 1. The number of carbonyl (C=O) groups is 1. The molecule has 2 N–H and O–H groups in total. The van der Waals surface area contributed by atoms with Gasteiger partial charge in [0, 0.05) is 24.3 Å². The van der Waals surface area contributed by atoms with E-state index in [1.807, 2.05) is 12.1 Å². The van der Waals surface area contributed by atoms with Crippen LogP contribution in [0.2, 0.25) is 0 Å². The molecule has 5 heteroatoms. The van der Waals surface area contributed by atoms with Gasteiger partial charge in [-0.15, -0.1) is 11.3 Å². The molecule has 4 nitrogen and oxygen atoms in total. The molecule has 1 amide bonds. The monoisotopic (exact) mass is 346 g/mol. The standard InChI is InChI=1S/C19H26N2O2S/c1-21(11-12-22)19(23)18-16(13-14-7-3-2-6-10-20-14)15-8-4-5-9-17(15)24-18/h4-5,8-9,14,20,22H,2-3,6-7,10-13H2,1H3/t14-/m0/s1. The largest absolute Gasteiger partial charge is 0.395 e. The van der Waals surface area contributed by atoms with E-state index in [-0.39, 0.29) is 12.5 Å². The van der Waals surface area contributed by atoms with E-state index in [1.54, 1.807) is 23.3 Å². The maximum absolute atomic E-state index is 12.8. The van der Waals surface area contributed by atoms with Gasteiger partial charge in [-0.3, -0.25) is 4.79 Å². The minimum Gasteiger partial charge on any atom is -0.395 e. The van der Waals surface area contributed by atoms with Crippen LogP contribution in [0.5, 0.6) is 0 Å². The molecule has 130 valence electrons.